The molecule has 8 nitrogen and oxygen atoms in total. The van der Waals surface area contributed by atoms with Crippen LogP contribution in [-0.4, -0.2) is 47.6 Å². The number of carbonyl (C=O) groups is 1. The maximum atomic E-state index is 11.8. The Bertz CT molecular complexity index is 1440. The molecule has 2 atom stereocenters. The molecule has 0 heterocycles. The molecule has 0 aliphatic carbocycles. The van der Waals surface area contributed by atoms with E-state index in [0.29, 0.717) is 24.7 Å². The number of carboxylic acid groups (broad SMARTS) is 1. The third-order valence-electron chi connectivity index (χ3n) is 6.54. The summed E-state index contributed by atoms with van der Waals surface area (Å²) in [6.45, 7) is 4.77. The van der Waals surface area contributed by atoms with Gasteiger partial charge in [0.2, 0.25) is 0 Å². The van der Waals surface area contributed by atoms with Crippen molar-refractivity contribution in [3.8, 4) is 39.9 Å². The maximum Gasteiger partial charge on any atom is 0.339 e. The summed E-state index contributed by atoms with van der Waals surface area (Å²) in [5, 5.41) is 32.9. The number of carboxylic acids is 1. The second kappa shape index (κ2) is 13.0. The van der Waals surface area contributed by atoms with E-state index < -0.39 is 12.1 Å². The van der Waals surface area contributed by atoms with Crippen LogP contribution in [0.4, 0.5) is 0 Å². The van der Waals surface area contributed by atoms with Gasteiger partial charge < -0.3 is 34.8 Å². The second-order valence-corrected chi connectivity index (χ2v) is 9.40. The topological polar surface area (TPSA) is 117 Å². The van der Waals surface area contributed by atoms with Crippen LogP contribution in [0.1, 0.15) is 34.5 Å². The summed E-state index contributed by atoms with van der Waals surface area (Å²) in [6.07, 6.45) is -0.715. The molecule has 4 rings (SSSR count). The summed E-state index contributed by atoms with van der Waals surface area (Å²) in [4.78, 5) is 11.8. The molecule has 0 unspecified atom stereocenters. The van der Waals surface area contributed by atoms with Crippen LogP contribution in [0.3, 0.4) is 0 Å². The first-order chi connectivity index (χ1) is 19.2. The molecule has 0 spiro atoms. The molecule has 4 N–H and O–H groups in total. The molecule has 0 amide bonds. The quantitative estimate of drug-likeness (QED) is 0.162. The second-order valence-electron chi connectivity index (χ2n) is 9.40. The summed E-state index contributed by atoms with van der Waals surface area (Å²) in [5.41, 5.74) is 3.41. The lowest BCUT2D eigenvalue weighted by molar-refractivity contribution is 0.0694. The smallest absolute Gasteiger partial charge is 0.339 e. The van der Waals surface area contributed by atoms with Crippen molar-refractivity contribution in [2.24, 2.45) is 0 Å². The van der Waals surface area contributed by atoms with E-state index in [2.05, 4.69) is 5.32 Å². The standard InChI is InChI=1S/C32H33NO7/c1-20-18-23(7-15-29(20)39-17-16-33-21(2)31(35)22-4-8-25(34)9-5-22)24-6-14-28(32(36)37)30(19-24)40-27-12-10-26(38-3)11-13-27/h4-15,18-19,21,31,33-35H,16-17H2,1-3H3,(H,36,37)/t21-,31-/m0/s1. The van der Waals surface area contributed by atoms with Crippen molar-refractivity contribution in [3.63, 3.8) is 0 Å². The predicted octanol–water partition coefficient (Wildman–Crippen LogP) is 5.96. The number of rotatable bonds is 12. The Hall–Kier alpha value is -4.53. The third kappa shape index (κ3) is 7.11. The predicted molar refractivity (Wildman–Crippen MR) is 153 cm³/mol. The van der Waals surface area contributed by atoms with Gasteiger partial charge in [-0.3, -0.25) is 0 Å². The summed E-state index contributed by atoms with van der Waals surface area (Å²) < 4.78 is 17.1. The van der Waals surface area contributed by atoms with Gasteiger partial charge in [0.15, 0.2) is 0 Å². The number of nitrogens with one attached hydrogen (secondary N) is 1. The van der Waals surface area contributed by atoms with Gasteiger partial charge in [0.05, 0.1) is 13.2 Å². The maximum absolute atomic E-state index is 11.8. The zero-order chi connectivity index (χ0) is 28.6. The molecule has 0 bridgehead atoms. The fraction of sp³-hybridized carbons (Fsp3) is 0.219. The Morgan fingerprint density at radius 1 is 0.875 bits per heavy atom. The van der Waals surface area contributed by atoms with Gasteiger partial charge in [-0.2, -0.15) is 0 Å². The van der Waals surface area contributed by atoms with Crippen LogP contribution in [0.2, 0.25) is 0 Å². The number of methoxy groups -OCH3 is 1. The van der Waals surface area contributed by atoms with E-state index >= 15 is 0 Å². The summed E-state index contributed by atoms with van der Waals surface area (Å²) in [5.74, 6) is 1.23. The van der Waals surface area contributed by atoms with Gasteiger partial charge in [0.1, 0.15) is 40.9 Å². The van der Waals surface area contributed by atoms with E-state index in [1.54, 1.807) is 67.8 Å². The Morgan fingerprint density at radius 3 is 2.17 bits per heavy atom. The van der Waals surface area contributed by atoms with Crippen molar-refractivity contribution in [1.29, 1.82) is 0 Å². The van der Waals surface area contributed by atoms with Crippen LogP contribution >= 0.6 is 0 Å². The zero-order valence-corrected chi connectivity index (χ0v) is 22.6. The molecule has 40 heavy (non-hydrogen) atoms. The average Bonchev–Trinajstić information content (AvgIpc) is 2.96. The minimum absolute atomic E-state index is 0.0634. The van der Waals surface area contributed by atoms with Crippen LogP contribution in [0, 0.1) is 6.92 Å². The molecule has 8 heteroatoms. The van der Waals surface area contributed by atoms with Crippen LogP contribution < -0.4 is 19.5 Å². The van der Waals surface area contributed by atoms with E-state index in [1.165, 1.54) is 6.07 Å². The number of phenols is 1. The van der Waals surface area contributed by atoms with Crippen molar-refractivity contribution >= 4 is 5.97 Å². The van der Waals surface area contributed by atoms with Gasteiger partial charge in [0.25, 0.3) is 0 Å². The zero-order valence-electron chi connectivity index (χ0n) is 22.6. The number of hydrogen-bond acceptors (Lipinski definition) is 7. The van der Waals surface area contributed by atoms with Gasteiger partial charge in [-0.1, -0.05) is 24.3 Å². The van der Waals surface area contributed by atoms with Gasteiger partial charge in [-0.15, -0.1) is 0 Å². The normalized spacial score (nSPS) is 12.4. The van der Waals surface area contributed by atoms with Crippen molar-refractivity contribution in [3.05, 3.63) is 102 Å². The molecule has 4 aromatic carbocycles. The SMILES string of the molecule is COc1ccc(Oc2cc(-c3ccc(OCCN[C@@H](C)[C@H](O)c4ccc(O)cc4)c(C)c3)ccc2C(=O)O)cc1. The van der Waals surface area contributed by atoms with Gasteiger partial charge in [-0.05, 0) is 96.8 Å². The molecule has 0 saturated carbocycles. The van der Waals surface area contributed by atoms with E-state index in [0.717, 1.165) is 28.0 Å². The van der Waals surface area contributed by atoms with Crippen molar-refractivity contribution in [1.82, 2.24) is 5.32 Å². The molecule has 208 valence electrons. The number of aromatic hydroxyl groups is 1. The van der Waals surface area contributed by atoms with Gasteiger partial charge >= 0.3 is 5.97 Å². The van der Waals surface area contributed by atoms with E-state index in [-0.39, 0.29) is 23.1 Å². The van der Waals surface area contributed by atoms with Crippen LogP contribution in [0.15, 0.2) is 84.9 Å². The number of hydrogen-bond donors (Lipinski definition) is 4. The first-order valence-electron chi connectivity index (χ1n) is 12.9. The van der Waals surface area contributed by atoms with E-state index in [1.807, 2.05) is 32.0 Å². The highest BCUT2D eigenvalue weighted by atomic mass is 16.5. The largest absolute Gasteiger partial charge is 0.508 e. The van der Waals surface area contributed by atoms with Crippen molar-refractivity contribution in [2.45, 2.75) is 26.0 Å². The van der Waals surface area contributed by atoms with Crippen LogP contribution in [0.25, 0.3) is 11.1 Å². The monoisotopic (exact) mass is 543 g/mol. The Balaban J connectivity index is 1.39. The summed E-state index contributed by atoms with van der Waals surface area (Å²) in [6, 6.07) is 24.0. The molecule has 0 aliphatic heterocycles. The lowest BCUT2D eigenvalue weighted by Crippen LogP contribution is -2.35. The first-order valence-corrected chi connectivity index (χ1v) is 12.9. The minimum atomic E-state index is -1.08. The Kier molecular flexibility index (Phi) is 9.27. The number of aliphatic hydroxyl groups excluding tert-OH is 1. The fourth-order valence-corrected chi connectivity index (χ4v) is 4.24. The molecule has 0 radical (unpaired) electrons. The lowest BCUT2D eigenvalue weighted by atomic mass is 10.0. The molecule has 0 saturated heterocycles. The van der Waals surface area contributed by atoms with Gasteiger partial charge in [0, 0.05) is 12.6 Å². The highest BCUT2D eigenvalue weighted by Crippen LogP contribution is 2.33. The van der Waals surface area contributed by atoms with E-state index in [9.17, 15) is 20.1 Å². The summed E-state index contributed by atoms with van der Waals surface area (Å²) in [7, 11) is 1.57. The molecular formula is C32H33NO7. The lowest BCUT2D eigenvalue weighted by Gasteiger charge is -2.21. The number of phenolic OH excluding ortho intramolecular Hbond substituents is 1. The van der Waals surface area contributed by atoms with E-state index in [4.69, 9.17) is 14.2 Å². The highest BCUT2D eigenvalue weighted by molar-refractivity contribution is 5.92. The molecule has 0 fully saturated rings. The number of benzene rings is 4. The fourth-order valence-electron chi connectivity index (χ4n) is 4.24. The number of aromatic carboxylic acids is 1. The molecular weight excluding hydrogens is 510 g/mol. The average molecular weight is 544 g/mol. The highest BCUT2D eigenvalue weighted by Gasteiger charge is 2.17. The Morgan fingerprint density at radius 2 is 1.52 bits per heavy atom. The van der Waals surface area contributed by atoms with Crippen LogP contribution in [0.5, 0.6) is 28.7 Å². The number of aryl methyl sites for hydroxylation is 1. The van der Waals surface area contributed by atoms with Crippen molar-refractivity contribution < 1.29 is 34.3 Å². The van der Waals surface area contributed by atoms with Crippen LogP contribution in [-0.2, 0) is 0 Å². The van der Waals surface area contributed by atoms with Crippen molar-refractivity contribution in [2.75, 3.05) is 20.3 Å². The molecule has 0 aliphatic rings. The van der Waals surface area contributed by atoms with Gasteiger partial charge in [-0.25, -0.2) is 4.79 Å². The molecule has 0 aromatic heterocycles. The number of ether oxygens (including phenoxy) is 3. The summed E-state index contributed by atoms with van der Waals surface area (Å²) >= 11 is 0. The minimum Gasteiger partial charge on any atom is -0.508 e. The number of aliphatic hydroxyl groups is 1. The Labute approximate surface area is 233 Å². The third-order valence-corrected chi connectivity index (χ3v) is 6.54. The first kappa shape index (κ1) is 28.5. The molecule has 4 aromatic rings.